The van der Waals surface area contributed by atoms with Crippen LogP contribution in [0.3, 0.4) is 0 Å². The number of likely N-dealkylation sites (tertiary alicyclic amines) is 1. The summed E-state index contributed by atoms with van der Waals surface area (Å²) in [5.74, 6) is -0.508. The van der Waals surface area contributed by atoms with Crippen molar-refractivity contribution in [2.75, 3.05) is 25.0 Å². The molecule has 0 spiro atoms. The zero-order valence-electron chi connectivity index (χ0n) is 22.3. The number of aliphatic hydroxyl groups is 1. The van der Waals surface area contributed by atoms with Crippen molar-refractivity contribution in [1.82, 2.24) is 20.7 Å². The lowest BCUT2D eigenvalue weighted by atomic mass is 9.81. The molecule has 1 aromatic carbocycles. The third-order valence-electron chi connectivity index (χ3n) is 7.80. The molecule has 38 heavy (non-hydrogen) atoms. The van der Waals surface area contributed by atoms with Gasteiger partial charge in [0.25, 0.3) is 0 Å². The Labute approximate surface area is 221 Å². The maximum absolute atomic E-state index is 13.0. The summed E-state index contributed by atoms with van der Waals surface area (Å²) in [5.41, 5.74) is 2.94. The highest BCUT2D eigenvalue weighted by atomic mass is 19.4. The standard InChI is InChI=1S/C26H38F3N5O4/c1-5-25(11-14-33(15-12-25)23(37)38-24(2,3)4)34-18-10-13-30-22(36)19(18)21(32-34)31-17-8-6-16(7-9-17)20(35)26(27,28)29/h6-9,18-21,31-32,35H,5,10-15H2,1-4H3,(H,30,36). The minimum absolute atomic E-state index is 0.0828. The number of nitrogens with zero attached hydrogens (tertiary/aromatic N) is 2. The second-order valence-corrected chi connectivity index (χ2v) is 11.4. The monoisotopic (exact) mass is 541 g/mol. The fraction of sp³-hybridized carbons (Fsp3) is 0.692. The molecule has 0 bridgehead atoms. The molecule has 212 valence electrons. The van der Waals surface area contributed by atoms with Gasteiger partial charge in [-0.15, -0.1) is 0 Å². The molecule has 0 saturated carbocycles. The van der Waals surface area contributed by atoms with Crippen molar-refractivity contribution in [2.45, 2.75) is 89.0 Å². The van der Waals surface area contributed by atoms with Crippen LogP contribution in [0.25, 0.3) is 0 Å². The first-order chi connectivity index (χ1) is 17.7. The number of ether oxygens (including phenoxy) is 1. The summed E-state index contributed by atoms with van der Waals surface area (Å²) < 4.78 is 44.1. The number of piperidine rings is 2. The molecule has 3 saturated heterocycles. The summed E-state index contributed by atoms with van der Waals surface area (Å²) in [5, 5.41) is 17.9. The van der Waals surface area contributed by atoms with Gasteiger partial charge in [-0.2, -0.15) is 13.2 Å². The molecule has 3 aliphatic rings. The van der Waals surface area contributed by atoms with E-state index in [2.05, 4.69) is 28.0 Å². The van der Waals surface area contributed by atoms with Crippen molar-refractivity contribution < 1.29 is 32.6 Å². The van der Waals surface area contributed by atoms with Gasteiger partial charge in [0.1, 0.15) is 11.8 Å². The number of nitrogens with one attached hydrogen (secondary N) is 3. The first kappa shape index (κ1) is 28.4. The molecule has 3 fully saturated rings. The highest BCUT2D eigenvalue weighted by Crippen LogP contribution is 2.40. The molecule has 2 amide bonds. The number of hydrogen-bond donors (Lipinski definition) is 4. The Balaban J connectivity index is 1.49. The van der Waals surface area contributed by atoms with E-state index < -0.39 is 30.0 Å². The van der Waals surface area contributed by atoms with Gasteiger partial charge in [0, 0.05) is 36.9 Å². The van der Waals surface area contributed by atoms with E-state index in [-0.39, 0.29) is 29.1 Å². The van der Waals surface area contributed by atoms with Gasteiger partial charge >= 0.3 is 12.3 Å². The zero-order valence-corrected chi connectivity index (χ0v) is 22.3. The van der Waals surface area contributed by atoms with Gasteiger partial charge in [0.15, 0.2) is 6.10 Å². The summed E-state index contributed by atoms with van der Waals surface area (Å²) >= 11 is 0. The molecule has 4 unspecified atom stereocenters. The Morgan fingerprint density at radius 3 is 2.39 bits per heavy atom. The van der Waals surface area contributed by atoms with Crippen molar-refractivity contribution in [3.8, 4) is 0 Å². The highest BCUT2D eigenvalue weighted by Gasteiger charge is 2.54. The number of hydrazine groups is 1. The van der Waals surface area contributed by atoms with Crippen molar-refractivity contribution >= 4 is 17.7 Å². The number of amides is 2. The Morgan fingerprint density at radius 1 is 1.21 bits per heavy atom. The van der Waals surface area contributed by atoms with Crippen molar-refractivity contribution in [3.05, 3.63) is 29.8 Å². The zero-order chi connectivity index (χ0) is 27.9. The number of alkyl halides is 3. The molecule has 3 heterocycles. The van der Waals surface area contributed by atoms with Crippen LogP contribution in [-0.2, 0) is 9.53 Å². The van der Waals surface area contributed by atoms with E-state index in [0.29, 0.717) is 38.2 Å². The maximum atomic E-state index is 13.0. The summed E-state index contributed by atoms with van der Waals surface area (Å²) in [6.07, 6.45) is -5.14. The quantitative estimate of drug-likeness (QED) is 0.452. The van der Waals surface area contributed by atoms with Gasteiger partial charge in [-0.25, -0.2) is 15.2 Å². The second-order valence-electron chi connectivity index (χ2n) is 11.4. The third kappa shape index (κ3) is 5.86. The number of fused-ring (bicyclic) bond motifs is 1. The topological polar surface area (TPSA) is 106 Å². The van der Waals surface area contributed by atoms with Crippen LogP contribution in [0.15, 0.2) is 24.3 Å². The first-order valence-electron chi connectivity index (χ1n) is 13.2. The second kappa shape index (κ2) is 10.5. The van der Waals surface area contributed by atoms with E-state index in [0.717, 1.165) is 12.8 Å². The number of aliphatic hydroxyl groups excluding tert-OH is 1. The number of rotatable bonds is 5. The van der Waals surface area contributed by atoms with Crippen molar-refractivity contribution in [2.24, 2.45) is 5.92 Å². The number of carbonyl (C=O) groups excluding carboxylic acids is 2. The lowest BCUT2D eigenvalue weighted by molar-refractivity contribution is -0.206. The number of carbonyl (C=O) groups is 2. The molecule has 0 aliphatic carbocycles. The Hall–Kier alpha value is -2.57. The number of benzene rings is 1. The predicted molar refractivity (Wildman–Crippen MR) is 135 cm³/mol. The molecule has 9 nitrogen and oxygen atoms in total. The van der Waals surface area contributed by atoms with Gasteiger partial charge in [0.05, 0.1) is 5.92 Å². The maximum Gasteiger partial charge on any atom is 0.418 e. The molecule has 4 N–H and O–H groups in total. The van der Waals surface area contributed by atoms with Gasteiger partial charge in [-0.05, 0) is 64.2 Å². The SMILES string of the molecule is CCC1(N2NC(Nc3ccc(C(O)C(F)(F)F)cc3)C3C(=O)NCCC32)CCN(C(=O)OC(C)(C)C)CC1. The van der Waals surface area contributed by atoms with E-state index in [1.165, 1.54) is 24.3 Å². The van der Waals surface area contributed by atoms with Crippen LogP contribution in [-0.4, -0.2) is 76.2 Å². The van der Waals surface area contributed by atoms with Crippen LogP contribution in [0, 0.1) is 5.92 Å². The lowest BCUT2D eigenvalue weighted by Crippen LogP contribution is -2.62. The first-order valence-corrected chi connectivity index (χ1v) is 13.2. The van der Waals surface area contributed by atoms with Gasteiger partial charge < -0.3 is 25.4 Å². The number of halogens is 3. The van der Waals surface area contributed by atoms with Gasteiger partial charge in [0.2, 0.25) is 5.91 Å². The number of hydrogen-bond acceptors (Lipinski definition) is 7. The van der Waals surface area contributed by atoms with E-state index >= 15 is 0 Å². The van der Waals surface area contributed by atoms with Crippen LogP contribution >= 0.6 is 0 Å². The van der Waals surface area contributed by atoms with E-state index in [1.807, 2.05) is 20.8 Å². The van der Waals surface area contributed by atoms with E-state index in [9.17, 15) is 27.9 Å². The molecule has 3 aliphatic heterocycles. The molecular formula is C26H38F3N5O4. The lowest BCUT2D eigenvalue weighted by Gasteiger charge is -2.49. The summed E-state index contributed by atoms with van der Waals surface area (Å²) in [7, 11) is 0. The summed E-state index contributed by atoms with van der Waals surface area (Å²) in [6, 6.07) is 5.32. The molecule has 4 atom stereocenters. The van der Waals surface area contributed by atoms with E-state index in [4.69, 9.17) is 4.74 Å². The molecule has 12 heteroatoms. The molecule has 0 aromatic heterocycles. The average molecular weight is 542 g/mol. The Morgan fingerprint density at radius 2 is 1.84 bits per heavy atom. The molecular weight excluding hydrogens is 503 g/mol. The largest absolute Gasteiger partial charge is 0.444 e. The Bertz CT molecular complexity index is 1010. The smallest absolute Gasteiger partial charge is 0.418 e. The molecule has 4 rings (SSSR count). The molecule has 1 aromatic rings. The molecule has 0 radical (unpaired) electrons. The van der Waals surface area contributed by atoms with Crippen LogP contribution < -0.4 is 16.1 Å². The predicted octanol–water partition coefficient (Wildman–Crippen LogP) is 3.52. The van der Waals surface area contributed by atoms with Gasteiger partial charge in [-0.1, -0.05) is 19.1 Å². The summed E-state index contributed by atoms with van der Waals surface area (Å²) in [6.45, 7) is 9.25. The minimum Gasteiger partial charge on any atom is -0.444 e. The fourth-order valence-electron chi connectivity index (χ4n) is 5.74. The summed E-state index contributed by atoms with van der Waals surface area (Å²) in [4.78, 5) is 27.3. The van der Waals surface area contributed by atoms with Crippen LogP contribution in [0.4, 0.5) is 23.7 Å². The van der Waals surface area contributed by atoms with Crippen LogP contribution in [0.2, 0.25) is 0 Å². The van der Waals surface area contributed by atoms with Crippen molar-refractivity contribution in [1.29, 1.82) is 0 Å². The van der Waals surface area contributed by atoms with E-state index in [1.54, 1.807) is 4.90 Å². The normalized spacial score (nSPS) is 26.9. The fourth-order valence-corrected chi connectivity index (χ4v) is 5.74. The van der Waals surface area contributed by atoms with Crippen LogP contribution in [0.5, 0.6) is 0 Å². The minimum atomic E-state index is -4.75. The average Bonchev–Trinajstić information content (AvgIpc) is 3.22. The highest BCUT2D eigenvalue weighted by molar-refractivity contribution is 5.82. The third-order valence-corrected chi connectivity index (χ3v) is 7.80. The van der Waals surface area contributed by atoms with Gasteiger partial charge in [-0.3, -0.25) is 4.79 Å². The van der Waals surface area contributed by atoms with Crippen LogP contribution in [0.1, 0.15) is 65.0 Å². The number of anilines is 1. The Kier molecular flexibility index (Phi) is 7.89. The van der Waals surface area contributed by atoms with Crippen molar-refractivity contribution in [3.63, 3.8) is 0 Å².